The molecule has 28 heavy (non-hydrogen) atoms. The lowest BCUT2D eigenvalue weighted by atomic mass is 10.1. The molecule has 0 saturated carbocycles. The van der Waals surface area contributed by atoms with Gasteiger partial charge in [0.1, 0.15) is 5.75 Å². The van der Waals surface area contributed by atoms with Gasteiger partial charge in [-0.15, -0.1) is 0 Å². The van der Waals surface area contributed by atoms with E-state index in [4.69, 9.17) is 4.74 Å². The molecule has 2 N–H and O–H groups in total. The Bertz CT molecular complexity index is 693. The fraction of sp³-hybridized carbons (Fsp3) is 0.619. The van der Waals surface area contributed by atoms with Crippen LogP contribution in [0.25, 0.3) is 0 Å². The van der Waals surface area contributed by atoms with Crippen molar-refractivity contribution in [3.05, 3.63) is 24.3 Å². The molecule has 0 aromatic heterocycles. The number of ether oxygens (including phenoxy) is 1. The number of methoxy groups -OCH3 is 1. The standard InChI is InChI=1S/C21H33N5O2/c1-4-20(27)26-12-10-17(15-26)24-21(22-2)23-13-16-9-11-25(14-16)18-7-5-6-8-19(18)28-3/h5-8,16-17H,4,9-15H2,1-3H3,(H2,22,23,24). The number of amides is 1. The lowest BCUT2D eigenvalue weighted by Crippen LogP contribution is -2.46. The van der Waals surface area contributed by atoms with E-state index in [0.717, 1.165) is 57.3 Å². The summed E-state index contributed by atoms with van der Waals surface area (Å²) in [4.78, 5) is 20.5. The molecular weight excluding hydrogens is 354 g/mol. The summed E-state index contributed by atoms with van der Waals surface area (Å²) in [6.07, 6.45) is 2.69. The lowest BCUT2D eigenvalue weighted by molar-refractivity contribution is -0.129. The molecule has 3 rings (SSSR count). The Morgan fingerprint density at radius 1 is 1.25 bits per heavy atom. The average molecular weight is 388 g/mol. The van der Waals surface area contributed by atoms with E-state index in [0.29, 0.717) is 12.3 Å². The summed E-state index contributed by atoms with van der Waals surface area (Å²) in [6.45, 7) is 6.44. The second-order valence-electron chi connectivity index (χ2n) is 7.55. The number of nitrogens with one attached hydrogen (secondary N) is 2. The van der Waals surface area contributed by atoms with Gasteiger partial charge in [-0.1, -0.05) is 19.1 Å². The summed E-state index contributed by atoms with van der Waals surface area (Å²) in [7, 11) is 3.52. The van der Waals surface area contributed by atoms with Gasteiger partial charge in [-0.25, -0.2) is 0 Å². The maximum atomic E-state index is 11.8. The number of carbonyl (C=O) groups excluding carboxylic acids is 1. The number of aliphatic imine (C=N–C) groups is 1. The van der Waals surface area contributed by atoms with Crippen LogP contribution >= 0.6 is 0 Å². The maximum Gasteiger partial charge on any atom is 0.222 e. The van der Waals surface area contributed by atoms with Crippen molar-refractivity contribution in [1.82, 2.24) is 15.5 Å². The first-order chi connectivity index (χ1) is 13.6. The SMILES string of the molecule is CCC(=O)N1CCC(NC(=NC)NCC2CCN(c3ccccc3OC)C2)C1. The van der Waals surface area contributed by atoms with Crippen LogP contribution in [0.5, 0.6) is 5.75 Å². The Kier molecular flexibility index (Phi) is 7.01. The minimum Gasteiger partial charge on any atom is -0.495 e. The molecule has 0 spiro atoms. The van der Waals surface area contributed by atoms with Gasteiger partial charge < -0.3 is 25.2 Å². The minimum atomic E-state index is 0.231. The molecule has 7 nitrogen and oxygen atoms in total. The predicted molar refractivity (Wildman–Crippen MR) is 113 cm³/mol. The van der Waals surface area contributed by atoms with Crippen LogP contribution in [0.2, 0.25) is 0 Å². The Hall–Kier alpha value is -2.44. The molecule has 154 valence electrons. The predicted octanol–water partition coefficient (Wildman–Crippen LogP) is 1.70. The van der Waals surface area contributed by atoms with Crippen LogP contribution in [-0.4, -0.2) is 69.7 Å². The van der Waals surface area contributed by atoms with Gasteiger partial charge in [0.25, 0.3) is 0 Å². The second kappa shape index (κ2) is 9.66. The third-order valence-electron chi connectivity index (χ3n) is 5.68. The maximum absolute atomic E-state index is 11.8. The smallest absolute Gasteiger partial charge is 0.222 e. The van der Waals surface area contributed by atoms with Crippen molar-refractivity contribution in [2.24, 2.45) is 10.9 Å². The third-order valence-corrected chi connectivity index (χ3v) is 5.68. The highest BCUT2D eigenvalue weighted by molar-refractivity contribution is 5.80. The molecule has 7 heteroatoms. The molecular formula is C21H33N5O2. The number of nitrogens with zero attached hydrogens (tertiary/aromatic N) is 3. The highest BCUT2D eigenvalue weighted by Gasteiger charge is 2.27. The van der Waals surface area contributed by atoms with Crippen LogP contribution in [0.4, 0.5) is 5.69 Å². The van der Waals surface area contributed by atoms with Crippen molar-refractivity contribution >= 4 is 17.6 Å². The van der Waals surface area contributed by atoms with Gasteiger partial charge in [0.2, 0.25) is 5.91 Å². The molecule has 0 radical (unpaired) electrons. The van der Waals surface area contributed by atoms with Crippen molar-refractivity contribution in [1.29, 1.82) is 0 Å². The first-order valence-electron chi connectivity index (χ1n) is 10.3. The summed E-state index contributed by atoms with van der Waals surface area (Å²) in [5, 5.41) is 6.95. The molecule has 2 unspecified atom stereocenters. The Balaban J connectivity index is 1.45. The normalized spacial score (nSPS) is 22.5. The van der Waals surface area contributed by atoms with Gasteiger partial charge in [0, 0.05) is 52.2 Å². The van der Waals surface area contributed by atoms with Gasteiger partial charge >= 0.3 is 0 Å². The topological polar surface area (TPSA) is 69.2 Å². The lowest BCUT2D eigenvalue weighted by Gasteiger charge is -2.22. The second-order valence-corrected chi connectivity index (χ2v) is 7.55. The quantitative estimate of drug-likeness (QED) is 0.574. The summed E-state index contributed by atoms with van der Waals surface area (Å²) >= 11 is 0. The molecule has 2 saturated heterocycles. The summed E-state index contributed by atoms with van der Waals surface area (Å²) in [6, 6.07) is 8.48. The molecule has 1 aromatic rings. The van der Waals surface area contributed by atoms with Crippen LogP contribution in [0.3, 0.4) is 0 Å². The molecule has 2 atom stereocenters. The van der Waals surface area contributed by atoms with E-state index < -0.39 is 0 Å². The Morgan fingerprint density at radius 2 is 2.07 bits per heavy atom. The Morgan fingerprint density at radius 3 is 2.82 bits per heavy atom. The first kappa shape index (κ1) is 20.3. The van der Waals surface area contributed by atoms with Crippen LogP contribution in [0.15, 0.2) is 29.3 Å². The van der Waals surface area contributed by atoms with Gasteiger partial charge in [0.05, 0.1) is 12.8 Å². The van der Waals surface area contributed by atoms with Crippen molar-refractivity contribution in [2.45, 2.75) is 32.2 Å². The highest BCUT2D eigenvalue weighted by Crippen LogP contribution is 2.31. The van der Waals surface area contributed by atoms with E-state index >= 15 is 0 Å². The number of carbonyl (C=O) groups is 1. The van der Waals surface area contributed by atoms with Gasteiger partial charge in [0.15, 0.2) is 5.96 Å². The zero-order valence-electron chi connectivity index (χ0n) is 17.3. The number of guanidine groups is 1. The minimum absolute atomic E-state index is 0.231. The van der Waals surface area contributed by atoms with Crippen molar-refractivity contribution < 1.29 is 9.53 Å². The van der Waals surface area contributed by atoms with Gasteiger partial charge in [-0.3, -0.25) is 9.79 Å². The summed E-state index contributed by atoms with van der Waals surface area (Å²) in [5.74, 6) is 2.55. The average Bonchev–Trinajstić information content (AvgIpc) is 3.40. The Labute approximate surface area is 168 Å². The molecule has 2 aliphatic rings. The number of benzene rings is 1. The monoisotopic (exact) mass is 387 g/mol. The van der Waals surface area contributed by atoms with Crippen LogP contribution in [0, 0.1) is 5.92 Å². The van der Waals surface area contributed by atoms with E-state index in [1.165, 1.54) is 5.69 Å². The van der Waals surface area contributed by atoms with E-state index in [9.17, 15) is 4.79 Å². The number of anilines is 1. The van der Waals surface area contributed by atoms with Crippen molar-refractivity contribution in [3.8, 4) is 5.75 Å². The molecule has 2 aliphatic heterocycles. The van der Waals surface area contributed by atoms with Crippen LogP contribution in [0.1, 0.15) is 26.2 Å². The first-order valence-corrected chi connectivity index (χ1v) is 10.3. The number of rotatable bonds is 6. The molecule has 0 aliphatic carbocycles. The number of hydrogen-bond donors (Lipinski definition) is 2. The zero-order chi connectivity index (χ0) is 19.9. The third kappa shape index (κ3) is 4.88. The van der Waals surface area contributed by atoms with Crippen molar-refractivity contribution in [2.75, 3.05) is 51.8 Å². The fourth-order valence-corrected chi connectivity index (χ4v) is 4.07. The molecule has 2 heterocycles. The van der Waals surface area contributed by atoms with E-state index in [-0.39, 0.29) is 11.9 Å². The highest BCUT2D eigenvalue weighted by atomic mass is 16.5. The molecule has 0 bridgehead atoms. The van der Waals surface area contributed by atoms with Crippen LogP contribution in [-0.2, 0) is 4.79 Å². The van der Waals surface area contributed by atoms with Gasteiger partial charge in [-0.05, 0) is 30.9 Å². The van der Waals surface area contributed by atoms with E-state index in [1.54, 1.807) is 14.2 Å². The fourth-order valence-electron chi connectivity index (χ4n) is 4.07. The summed E-state index contributed by atoms with van der Waals surface area (Å²) in [5.41, 5.74) is 1.17. The number of likely N-dealkylation sites (tertiary alicyclic amines) is 1. The van der Waals surface area contributed by atoms with Gasteiger partial charge in [-0.2, -0.15) is 0 Å². The zero-order valence-corrected chi connectivity index (χ0v) is 17.3. The van der Waals surface area contributed by atoms with E-state index in [2.05, 4.69) is 32.7 Å². The number of para-hydroxylation sites is 2. The molecule has 1 amide bonds. The molecule has 2 fully saturated rings. The largest absolute Gasteiger partial charge is 0.495 e. The number of hydrogen-bond acceptors (Lipinski definition) is 4. The van der Waals surface area contributed by atoms with E-state index in [1.807, 2.05) is 24.0 Å². The summed E-state index contributed by atoms with van der Waals surface area (Å²) < 4.78 is 5.50. The van der Waals surface area contributed by atoms with Crippen molar-refractivity contribution in [3.63, 3.8) is 0 Å². The van der Waals surface area contributed by atoms with Crippen LogP contribution < -0.4 is 20.3 Å². The molecule has 1 aromatic carbocycles.